The maximum absolute atomic E-state index is 13.6. The Kier molecular flexibility index (Phi) is 10.4. The van der Waals surface area contributed by atoms with Gasteiger partial charge >= 0.3 is 0 Å². The topological polar surface area (TPSA) is 123 Å². The Morgan fingerprint density at radius 2 is 2.05 bits per heavy atom. The first-order valence-electron chi connectivity index (χ1n) is 13.9. The lowest BCUT2D eigenvalue weighted by molar-refractivity contribution is -0.133. The van der Waals surface area contributed by atoms with Gasteiger partial charge in [-0.05, 0) is 92.9 Å². The highest BCUT2D eigenvalue weighted by molar-refractivity contribution is 7.97. The molecule has 1 unspecified atom stereocenters. The number of anilines is 1. The molecule has 1 amide bonds. The van der Waals surface area contributed by atoms with Crippen molar-refractivity contribution < 1.29 is 9.53 Å². The molecule has 4 rings (SSSR count). The number of fused-ring (bicyclic) bond motifs is 1. The number of rotatable bonds is 11. The van der Waals surface area contributed by atoms with Gasteiger partial charge in [-0.25, -0.2) is 10.1 Å². The van der Waals surface area contributed by atoms with Crippen LogP contribution in [0.15, 0.2) is 78.0 Å². The normalized spacial score (nSPS) is 15.1. The molecule has 0 aliphatic carbocycles. The molecule has 0 radical (unpaired) electrons. The van der Waals surface area contributed by atoms with Crippen LogP contribution in [0, 0.1) is 12.3 Å². The lowest BCUT2D eigenvalue weighted by atomic mass is 9.80. The molecule has 9 nitrogen and oxygen atoms in total. The number of nitrogens with one attached hydrogen (secondary N) is 1. The number of carbonyl (C=O) groups is 1. The maximum atomic E-state index is 13.6. The Morgan fingerprint density at radius 1 is 1.24 bits per heavy atom. The highest BCUT2D eigenvalue weighted by Crippen LogP contribution is 2.39. The van der Waals surface area contributed by atoms with E-state index in [1.54, 1.807) is 36.6 Å². The number of carbonyl (C=O) groups excluding carboxylic acids is 1. The van der Waals surface area contributed by atoms with Gasteiger partial charge in [0, 0.05) is 49.3 Å². The van der Waals surface area contributed by atoms with E-state index in [1.165, 1.54) is 26.6 Å². The Hall–Kier alpha value is -3.44. The van der Waals surface area contributed by atoms with E-state index >= 15 is 0 Å². The summed E-state index contributed by atoms with van der Waals surface area (Å²) in [6.07, 6.45) is 10.3. The van der Waals surface area contributed by atoms with Gasteiger partial charge in [0.15, 0.2) is 0 Å². The van der Waals surface area contributed by atoms with Crippen molar-refractivity contribution in [2.24, 2.45) is 17.0 Å². The van der Waals surface area contributed by atoms with Crippen molar-refractivity contribution in [3.8, 4) is 0 Å². The van der Waals surface area contributed by atoms with Gasteiger partial charge in [0.05, 0.1) is 35.7 Å². The summed E-state index contributed by atoms with van der Waals surface area (Å²) in [5, 5.41) is 4.50. The molecular weight excluding hydrogens is 534 g/mol. The first kappa shape index (κ1) is 30.5. The third-order valence-corrected chi connectivity index (χ3v) is 8.38. The van der Waals surface area contributed by atoms with Crippen LogP contribution in [-0.2, 0) is 22.5 Å². The van der Waals surface area contributed by atoms with E-state index in [4.69, 9.17) is 16.3 Å². The molecule has 0 spiro atoms. The monoisotopic (exact) mass is 575 g/mol. The van der Waals surface area contributed by atoms with E-state index in [0.29, 0.717) is 17.9 Å². The van der Waals surface area contributed by atoms with Crippen molar-refractivity contribution in [1.82, 2.24) is 19.3 Å². The third-order valence-electron chi connectivity index (χ3n) is 7.25. The molecule has 0 saturated carbocycles. The quantitative estimate of drug-likeness (QED) is 0.165. The lowest BCUT2D eigenvalue weighted by Gasteiger charge is -2.34. The molecule has 0 saturated heterocycles. The summed E-state index contributed by atoms with van der Waals surface area (Å²) in [6.45, 7) is 10.3. The number of benzene rings is 1. The second kappa shape index (κ2) is 14.0. The van der Waals surface area contributed by atoms with Crippen molar-refractivity contribution in [2.75, 3.05) is 25.0 Å². The van der Waals surface area contributed by atoms with Crippen molar-refractivity contribution in [3.63, 3.8) is 0 Å². The molecule has 3 heterocycles. The van der Waals surface area contributed by atoms with Crippen LogP contribution in [0.1, 0.15) is 55.5 Å². The zero-order chi connectivity index (χ0) is 29.4. The summed E-state index contributed by atoms with van der Waals surface area (Å²) in [5.74, 6) is 5.74. The predicted octanol–water partition coefficient (Wildman–Crippen LogP) is 4.96. The number of nitrogens with two attached hydrogens (primary N) is 2. The molecule has 0 bridgehead atoms. The fourth-order valence-electron chi connectivity index (χ4n) is 4.74. The number of aryl methyl sites for hydroxylation is 2. The SMILES string of the molecule is CCN(N)/C=C(\N)COC(c1ccc(C)c(CN2CCCc3ccncc3S2)c1)C(C)(C)C(=O)Nc1cccnc1. The van der Waals surface area contributed by atoms with E-state index in [2.05, 4.69) is 44.7 Å². The van der Waals surface area contributed by atoms with Crippen LogP contribution in [0.4, 0.5) is 5.69 Å². The smallest absolute Gasteiger partial charge is 0.233 e. The van der Waals surface area contributed by atoms with Gasteiger partial charge in [0.2, 0.25) is 5.91 Å². The van der Waals surface area contributed by atoms with E-state index in [0.717, 1.165) is 31.5 Å². The second-order valence-corrected chi connectivity index (χ2v) is 12.0. The molecule has 10 heteroatoms. The predicted molar refractivity (Wildman–Crippen MR) is 164 cm³/mol. The van der Waals surface area contributed by atoms with E-state index in [1.807, 2.05) is 45.3 Å². The van der Waals surface area contributed by atoms with Crippen LogP contribution >= 0.6 is 11.9 Å². The number of hydrogen-bond donors (Lipinski definition) is 3. The number of amides is 1. The molecular formula is C31H41N7O2S. The van der Waals surface area contributed by atoms with Gasteiger partial charge in [0.25, 0.3) is 0 Å². The first-order valence-corrected chi connectivity index (χ1v) is 14.7. The number of pyridine rings is 2. The minimum absolute atomic E-state index is 0.122. The van der Waals surface area contributed by atoms with Gasteiger partial charge in [-0.2, -0.15) is 0 Å². The fourth-order valence-corrected chi connectivity index (χ4v) is 5.84. The average Bonchev–Trinajstić information content (AvgIpc) is 3.16. The third kappa shape index (κ3) is 8.07. The van der Waals surface area contributed by atoms with Crippen LogP contribution in [0.5, 0.6) is 0 Å². The standard InChI is InChI=1S/C31H41N7O2S/c1-5-37(33)20-26(32)21-40-29(31(3,4)30(39)36-27-9-6-13-34-17-27)24-11-10-22(2)25(16-24)19-38-15-7-8-23-12-14-35-18-28(23)41-38/h6,9-14,16-18,20,29H,5,7-8,15,19,21,32-33H2,1-4H3,(H,36,39)/b26-20-. The van der Waals surface area contributed by atoms with Crippen molar-refractivity contribution in [1.29, 1.82) is 0 Å². The van der Waals surface area contributed by atoms with Crippen LogP contribution in [0.25, 0.3) is 0 Å². The largest absolute Gasteiger partial charge is 0.399 e. The molecule has 1 aliphatic heterocycles. The van der Waals surface area contributed by atoms with Crippen LogP contribution in [0.3, 0.4) is 0 Å². The Balaban J connectivity index is 1.61. The Bertz CT molecular complexity index is 1350. The Morgan fingerprint density at radius 3 is 2.80 bits per heavy atom. The summed E-state index contributed by atoms with van der Waals surface area (Å²) < 4.78 is 8.82. The lowest BCUT2D eigenvalue weighted by Crippen LogP contribution is -2.38. The second-order valence-electron chi connectivity index (χ2n) is 10.9. The Labute approximate surface area is 247 Å². The summed E-state index contributed by atoms with van der Waals surface area (Å²) >= 11 is 1.76. The van der Waals surface area contributed by atoms with E-state index in [9.17, 15) is 4.79 Å². The summed E-state index contributed by atoms with van der Waals surface area (Å²) in [6, 6.07) is 12.0. The molecule has 0 fully saturated rings. The number of ether oxygens (including phenoxy) is 1. The van der Waals surface area contributed by atoms with Gasteiger partial charge in [-0.3, -0.25) is 14.8 Å². The minimum Gasteiger partial charge on any atom is -0.399 e. The molecule has 3 aromatic rings. The summed E-state index contributed by atoms with van der Waals surface area (Å²) in [4.78, 5) is 23.3. The molecule has 1 aliphatic rings. The minimum atomic E-state index is -0.947. The molecule has 218 valence electrons. The van der Waals surface area contributed by atoms with E-state index in [-0.39, 0.29) is 12.5 Å². The maximum Gasteiger partial charge on any atom is 0.233 e. The van der Waals surface area contributed by atoms with E-state index < -0.39 is 11.5 Å². The number of aromatic nitrogens is 2. The molecule has 41 heavy (non-hydrogen) atoms. The molecule has 2 aromatic heterocycles. The summed E-state index contributed by atoms with van der Waals surface area (Å²) in [5.41, 5.74) is 11.0. The number of hydrogen-bond acceptors (Lipinski definition) is 9. The van der Waals surface area contributed by atoms with Crippen molar-refractivity contribution in [3.05, 3.63) is 95.3 Å². The first-order chi connectivity index (χ1) is 19.7. The summed E-state index contributed by atoms with van der Waals surface area (Å²) in [7, 11) is 0. The zero-order valence-electron chi connectivity index (χ0n) is 24.3. The molecule has 1 atom stereocenters. The molecule has 1 aromatic carbocycles. The van der Waals surface area contributed by atoms with Gasteiger partial charge in [-0.1, -0.05) is 18.2 Å². The number of hydrazine groups is 1. The van der Waals surface area contributed by atoms with Gasteiger partial charge < -0.3 is 20.8 Å². The van der Waals surface area contributed by atoms with Gasteiger partial charge in [0.1, 0.15) is 0 Å². The van der Waals surface area contributed by atoms with Crippen LogP contribution in [0.2, 0.25) is 0 Å². The van der Waals surface area contributed by atoms with Crippen LogP contribution in [-0.4, -0.2) is 44.9 Å². The highest BCUT2D eigenvalue weighted by atomic mass is 32.2. The average molecular weight is 576 g/mol. The van der Waals surface area contributed by atoms with Gasteiger partial charge in [-0.15, -0.1) is 0 Å². The zero-order valence-corrected chi connectivity index (χ0v) is 25.2. The van der Waals surface area contributed by atoms with Crippen molar-refractivity contribution >= 4 is 23.5 Å². The van der Waals surface area contributed by atoms with Crippen LogP contribution < -0.4 is 16.9 Å². The number of nitrogens with zero attached hydrogens (tertiary/aromatic N) is 4. The fraction of sp³-hybridized carbons (Fsp3) is 0.387. The highest BCUT2D eigenvalue weighted by Gasteiger charge is 2.39. The van der Waals surface area contributed by atoms with Crippen molar-refractivity contribution in [2.45, 2.75) is 58.1 Å². The molecule has 5 N–H and O–H groups in total.